The van der Waals surface area contributed by atoms with E-state index in [4.69, 9.17) is 18.9 Å². The lowest BCUT2D eigenvalue weighted by atomic mass is 9.95. The Morgan fingerprint density at radius 3 is 2.57 bits per heavy atom. The lowest BCUT2D eigenvalue weighted by molar-refractivity contribution is -0.136. The first-order valence-electron chi connectivity index (χ1n) is 11.6. The smallest absolute Gasteiger partial charge is 0.337 e. The minimum absolute atomic E-state index is 0.116. The zero-order valence-electron chi connectivity index (χ0n) is 21.5. The zero-order chi connectivity index (χ0) is 26.9. The second-order valence-corrected chi connectivity index (χ2v) is 8.14. The van der Waals surface area contributed by atoms with Crippen molar-refractivity contribution >= 4 is 18.2 Å². The maximum atomic E-state index is 12.4. The van der Waals surface area contributed by atoms with E-state index < -0.39 is 24.3 Å². The van der Waals surface area contributed by atoms with E-state index >= 15 is 0 Å². The third-order valence-corrected chi connectivity index (χ3v) is 5.53. The zero-order valence-corrected chi connectivity index (χ0v) is 21.5. The van der Waals surface area contributed by atoms with Gasteiger partial charge >= 0.3 is 12.0 Å². The van der Waals surface area contributed by atoms with Crippen LogP contribution < -0.4 is 30.3 Å². The molecule has 0 bridgehead atoms. The Bertz CT molecular complexity index is 1200. The summed E-state index contributed by atoms with van der Waals surface area (Å²) in [6, 6.07) is 9.46. The first kappa shape index (κ1) is 27.3. The number of nitrogens with zero attached hydrogens (tertiary/aromatic N) is 1. The number of benzene rings is 2. The molecule has 0 aliphatic carbocycles. The summed E-state index contributed by atoms with van der Waals surface area (Å²) in [5.74, 6) is 0.985. The fraction of sp³-hybridized carbons (Fsp3) is 0.346. The molecule has 0 spiro atoms. The normalized spacial score (nSPS) is 16.1. The predicted molar refractivity (Wildman–Crippen MR) is 137 cm³/mol. The summed E-state index contributed by atoms with van der Waals surface area (Å²) < 4.78 is 21.6. The van der Waals surface area contributed by atoms with Crippen molar-refractivity contribution in [3.63, 3.8) is 0 Å². The molecule has 11 nitrogen and oxygen atoms in total. The molecule has 2 amide bonds. The Hall–Kier alpha value is -4.25. The molecule has 2 aromatic rings. The van der Waals surface area contributed by atoms with Crippen LogP contribution in [0, 0.1) is 6.92 Å². The molecule has 37 heavy (non-hydrogen) atoms. The number of ether oxygens (including phenoxy) is 4. The molecule has 0 aromatic heterocycles. The highest BCUT2D eigenvalue weighted by molar-refractivity contribution is 5.95. The largest absolute Gasteiger partial charge is 0.496 e. The molecule has 0 unspecified atom stereocenters. The molecule has 3 rings (SSSR count). The van der Waals surface area contributed by atoms with Gasteiger partial charge in [0.05, 0.1) is 38.7 Å². The molecule has 0 fully saturated rings. The van der Waals surface area contributed by atoms with Gasteiger partial charge in [0.2, 0.25) is 0 Å². The highest BCUT2D eigenvalue weighted by Crippen LogP contribution is 2.34. The van der Waals surface area contributed by atoms with Gasteiger partial charge in [-0.05, 0) is 67.8 Å². The maximum Gasteiger partial charge on any atom is 0.337 e. The molecule has 0 saturated heterocycles. The number of allylic oxidation sites excluding steroid dienone is 1. The van der Waals surface area contributed by atoms with Crippen LogP contribution in [0.25, 0.3) is 0 Å². The summed E-state index contributed by atoms with van der Waals surface area (Å²) in [6.45, 7) is 5.61. The molecule has 1 aliphatic heterocycles. The quantitative estimate of drug-likeness (QED) is 0.156. The molecule has 0 saturated carbocycles. The second kappa shape index (κ2) is 12.6. The molecular formula is C26H32N4O7. The van der Waals surface area contributed by atoms with Crippen molar-refractivity contribution < 1.29 is 33.6 Å². The summed E-state index contributed by atoms with van der Waals surface area (Å²) in [5.41, 5.74) is 5.71. The number of hydrazone groups is 1. The van der Waals surface area contributed by atoms with E-state index in [1.807, 2.05) is 32.0 Å². The summed E-state index contributed by atoms with van der Waals surface area (Å²) in [4.78, 5) is 24.4. The van der Waals surface area contributed by atoms with Gasteiger partial charge in [-0.3, -0.25) is 5.43 Å². The number of hydrogen-bond donors (Lipinski definition) is 4. The minimum Gasteiger partial charge on any atom is -0.496 e. The van der Waals surface area contributed by atoms with Gasteiger partial charge in [-0.15, -0.1) is 0 Å². The van der Waals surface area contributed by atoms with Gasteiger partial charge in [-0.25, -0.2) is 9.59 Å². The third kappa shape index (κ3) is 6.91. The Kier molecular flexibility index (Phi) is 9.33. The lowest BCUT2D eigenvalue weighted by Crippen LogP contribution is -2.45. The van der Waals surface area contributed by atoms with Gasteiger partial charge in [0, 0.05) is 5.70 Å². The number of urea groups is 1. The van der Waals surface area contributed by atoms with Crippen molar-refractivity contribution in [2.24, 2.45) is 5.10 Å². The molecule has 2 atom stereocenters. The van der Waals surface area contributed by atoms with E-state index in [1.165, 1.54) is 7.11 Å². The number of esters is 1. The molecular weight excluding hydrogens is 480 g/mol. The van der Waals surface area contributed by atoms with Gasteiger partial charge in [0.1, 0.15) is 12.4 Å². The monoisotopic (exact) mass is 512 g/mol. The SMILES string of the molecule is CCOc1cc([C@@H]2NC(=O)NC(C)=C2C(=O)OC)ccc1OC[C@@H](O)N/N=C\c1ccc(OC)c(C)c1. The van der Waals surface area contributed by atoms with Gasteiger partial charge in [-0.2, -0.15) is 5.10 Å². The molecule has 0 radical (unpaired) electrons. The number of aliphatic hydroxyl groups excluding tert-OH is 1. The molecule has 1 heterocycles. The van der Waals surface area contributed by atoms with Crippen molar-refractivity contribution in [3.8, 4) is 17.2 Å². The number of methoxy groups -OCH3 is 2. The van der Waals surface area contributed by atoms with E-state index in [0.717, 1.165) is 16.9 Å². The Morgan fingerprint density at radius 2 is 1.89 bits per heavy atom. The van der Waals surface area contributed by atoms with Crippen LogP contribution in [0.3, 0.4) is 0 Å². The highest BCUT2D eigenvalue weighted by atomic mass is 16.5. The van der Waals surface area contributed by atoms with Crippen molar-refractivity contribution in [3.05, 3.63) is 64.4 Å². The Balaban J connectivity index is 1.69. The first-order chi connectivity index (χ1) is 17.8. The fourth-order valence-electron chi connectivity index (χ4n) is 3.80. The first-order valence-corrected chi connectivity index (χ1v) is 11.6. The average molecular weight is 513 g/mol. The third-order valence-electron chi connectivity index (χ3n) is 5.53. The van der Waals surface area contributed by atoms with Gasteiger partial charge < -0.3 is 34.7 Å². The number of carbonyl (C=O) groups excluding carboxylic acids is 2. The van der Waals surface area contributed by atoms with Crippen LogP contribution in [0.15, 0.2) is 52.8 Å². The number of amides is 2. The van der Waals surface area contributed by atoms with E-state index in [-0.39, 0.29) is 12.2 Å². The number of nitrogens with one attached hydrogen (secondary N) is 3. The van der Waals surface area contributed by atoms with Crippen LogP contribution in [-0.4, -0.2) is 57.0 Å². The van der Waals surface area contributed by atoms with E-state index in [0.29, 0.717) is 29.4 Å². The van der Waals surface area contributed by atoms with Crippen LogP contribution in [0.2, 0.25) is 0 Å². The van der Waals surface area contributed by atoms with Gasteiger partial charge in [0.25, 0.3) is 0 Å². The van der Waals surface area contributed by atoms with Crippen molar-refractivity contribution in [2.75, 3.05) is 27.4 Å². The van der Waals surface area contributed by atoms with Crippen molar-refractivity contribution in [1.29, 1.82) is 0 Å². The Labute approximate surface area is 215 Å². The average Bonchev–Trinajstić information content (AvgIpc) is 2.87. The van der Waals surface area contributed by atoms with Crippen LogP contribution in [-0.2, 0) is 9.53 Å². The van der Waals surface area contributed by atoms with Gasteiger partial charge in [0.15, 0.2) is 17.7 Å². The van der Waals surface area contributed by atoms with E-state index in [1.54, 1.807) is 38.4 Å². The summed E-state index contributed by atoms with van der Waals surface area (Å²) in [6.07, 6.45) is 0.489. The highest BCUT2D eigenvalue weighted by Gasteiger charge is 2.32. The minimum atomic E-state index is -1.09. The number of rotatable bonds is 11. The van der Waals surface area contributed by atoms with E-state index in [9.17, 15) is 14.7 Å². The predicted octanol–water partition coefficient (Wildman–Crippen LogP) is 2.52. The summed E-state index contributed by atoms with van der Waals surface area (Å²) in [7, 11) is 2.89. The lowest BCUT2D eigenvalue weighted by Gasteiger charge is -2.28. The fourth-order valence-corrected chi connectivity index (χ4v) is 3.80. The van der Waals surface area contributed by atoms with E-state index in [2.05, 4.69) is 21.2 Å². The standard InChI is InChI=1S/C26H32N4O7/c1-6-36-21-12-18(24-23(25(32)35-5)16(3)28-26(33)29-24)8-10-20(21)37-14-22(31)30-27-13-17-7-9-19(34-4)15(2)11-17/h7-13,22,24,30-31H,6,14H2,1-5H3,(H2,28,29,33)/b27-13-/t22-,24+/m1/s1. The van der Waals surface area contributed by atoms with Crippen LogP contribution in [0.1, 0.15) is 36.6 Å². The molecule has 11 heteroatoms. The molecule has 2 aromatic carbocycles. The Morgan fingerprint density at radius 1 is 1.14 bits per heavy atom. The molecule has 198 valence electrons. The summed E-state index contributed by atoms with van der Waals surface area (Å²) in [5, 5.41) is 19.6. The molecule has 4 N–H and O–H groups in total. The number of aliphatic hydroxyl groups is 1. The summed E-state index contributed by atoms with van der Waals surface area (Å²) >= 11 is 0. The van der Waals surface area contributed by atoms with Crippen molar-refractivity contribution in [1.82, 2.24) is 16.1 Å². The van der Waals surface area contributed by atoms with Crippen LogP contribution in [0.5, 0.6) is 17.2 Å². The second-order valence-electron chi connectivity index (χ2n) is 8.14. The number of carbonyl (C=O) groups is 2. The van der Waals surface area contributed by atoms with Crippen LogP contribution in [0.4, 0.5) is 4.79 Å². The maximum absolute atomic E-state index is 12.4. The topological polar surface area (TPSA) is 140 Å². The number of aryl methyl sites for hydroxylation is 1. The van der Waals surface area contributed by atoms with Crippen molar-refractivity contribution in [2.45, 2.75) is 33.0 Å². The van der Waals surface area contributed by atoms with Gasteiger partial charge in [-0.1, -0.05) is 6.07 Å². The molecule has 1 aliphatic rings. The van der Waals surface area contributed by atoms with Crippen LogP contribution >= 0.6 is 0 Å². The number of hydrogen-bond acceptors (Lipinski definition) is 9.